The number of hydrogen-bond donors (Lipinski definition) is 2. The largest absolute Gasteiger partial charge is 0.492 e. The number of hydrogen-bond acceptors (Lipinski definition) is 12. The van der Waals surface area contributed by atoms with Gasteiger partial charge in [-0.3, -0.25) is 9.80 Å². The molecule has 3 aliphatic heterocycles. The van der Waals surface area contributed by atoms with Gasteiger partial charge in [0.1, 0.15) is 30.8 Å². The first-order chi connectivity index (χ1) is 27.9. The lowest BCUT2D eigenvalue weighted by molar-refractivity contribution is -0.256. The van der Waals surface area contributed by atoms with Crippen LogP contribution in [0, 0.1) is 17.8 Å². The van der Waals surface area contributed by atoms with Gasteiger partial charge in [0, 0.05) is 57.3 Å². The van der Waals surface area contributed by atoms with E-state index in [1.165, 1.54) is 0 Å². The highest BCUT2D eigenvalue weighted by molar-refractivity contribution is 6.03. The Bertz CT molecular complexity index is 1760. The Morgan fingerprint density at radius 1 is 1.02 bits per heavy atom. The molecule has 310 valence electrons. The molecule has 2 aromatic carbocycles. The average molecular weight is 790 g/mol. The number of ether oxygens (including phenoxy) is 6. The van der Waals surface area contributed by atoms with E-state index in [2.05, 4.69) is 23.6 Å². The number of benzene rings is 2. The Balaban J connectivity index is 1.41. The van der Waals surface area contributed by atoms with E-state index in [1.807, 2.05) is 37.3 Å². The molecular weight excluding hydrogens is 730 g/mol. The van der Waals surface area contributed by atoms with Crippen molar-refractivity contribution in [2.75, 3.05) is 66.1 Å². The van der Waals surface area contributed by atoms with Gasteiger partial charge in [0.15, 0.2) is 11.5 Å². The number of aliphatic hydroxyl groups is 2. The quantitative estimate of drug-likeness (QED) is 0.0627. The molecule has 3 heterocycles. The number of amides is 1. The molecule has 6 atom stereocenters. The summed E-state index contributed by atoms with van der Waals surface area (Å²) in [5, 5.41) is 24.5. The lowest BCUT2D eigenvalue weighted by Crippen LogP contribution is -2.70. The molecule has 2 aliphatic carbocycles. The van der Waals surface area contributed by atoms with Crippen molar-refractivity contribution in [3.63, 3.8) is 0 Å². The average Bonchev–Trinajstić information content (AvgIpc) is 3.93. The summed E-state index contributed by atoms with van der Waals surface area (Å²) in [5.74, 6) is 0.936. The van der Waals surface area contributed by atoms with Gasteiger partial charge in [-0.25, -0.2) is 4.79 Å². The maximum absolute atomic E-state index is 14.4. The summed E-state index contributed by atoms with van der Waals surface area (Å²) in [6, 6.07) is 11.0. The highest BCUT2D eigenvalue weighted by Crippen LogP contribution is 2.62. The lowest BCUT2D eigenvalue weighted by Gasteiger charge is -2.59. The summed E-state index contributed by atoms with van der Waals surface area (Å²) in [4.78, 5) is 24.3. The summed E-state index contributed by atoms with van der Waals surface area (Å²) in [7, 11) is 0. The van der Waals surface area contributed by atoms with Gasteiger partial charge >= 0.3 is 6.09 Å². The highest BCUT2D eigenvalue weighted by atomic mass is 16.7. The van der Waals surface area contributed by atoms with E-state index in [0.717, 1.165) is 73.5 Å². The maximum atomic E-state index is 14.4. The van der Waals surface area contributed by atoms with Crippen molar-refractivity contribution in [1.29, 1.82) is 0 Å². The van der Waals surface area contributed by atoms with E-state index in [4.69, 9.17) is 38.4 Å². The van der Waals surface area contributed by atoms with Crippen molar-refractivity contribution in [1.82, 2.24) is 9.80 Å². The summed E-state index contributed by atoms with van der Waals surface area (Å²) in [5.41, 5.74) is 3.55. The molecule has 1 saturated heterocycles. The van der Waals surface area contributed by atoms with Crippen LogP contribution in [0.5, 0.6) is 23.0 Å². The topological polar surface area (TPSA) is 141 Å². The van der Waals surface area contributed by atoms with Crippen LogP contribution in [-0.4, -0.2) is 110 Å². The molecule has 2 N–H and O–H groups in total. The molecule has 13 nitrogen and oxygen atoms in total. The summed E-state index contributed by atoms with van der Waals surface area (Å²) in [6.45, 7) is 12.6. The minimum atomic E-state index is -1.40. The second-order valence-electron chi connectivity index (χ2n) is 15.4. The number of aliphatic hydroxyl groups excluding tert-OH is 2. The molecule has 13 heteroatoms. The van der Waals surface area contributed by atoms with Gasteiger partial charge in [-0.15, -0.1) is 6.58 Å². The van der Waals surface area contributed by atoms with Crippen LogP contribution in [0.2, 0.25) is 0 Å². The van der Waals surface area contributed by atoms with Crippen LogP contribution < -0.4 is 18.9 Å². The minimum absolute atomic E-state index is 0.100. The number of allylic oxidation sites excluding steroid dienone is 1. The minimum Gasteiger partial charge on any atom is -0.492 e. The first-order valence-electron chi connectivity index (χ1n) is 20.8. The van der Waals surface area contributed by atoms with Gasteiger partial charge < -0.3 is 43.5 Å². The third-order valence-corrected chi connectivity index (χ3v) is 11.8. The maximum Gasteiger partial charge on any atom is 0.410 e. The Kier molecular flexibility index (Phi) is 13.6. The zero-order valence-corrected chi connectivity index (χ0v) is 33.4. The van der Waals surface area contributed by atoms with E-state index >= 15 is 0 Å². The van der Waals surface area contributed by atoms with Gasteiger partial charge in [-0.2, -0.15) is 0 Å². The first kappa shape index (κ1) is 40.9. The molecule has 57 heavy (non-hydrogen) atoms. The number of fused-ring (bicyclic) bond motifs is 3. The van der Waals surface area contributed by atoms with E-state index in [1.54, 1.807) is 17.9 Å². The van der Waals surface area contributed by atoms with Gasteiger partial charge in [-0.1, -0.05) is 36.2 Å². The fourth-order valence-corrected chi connectivity index (χ4v) is 9.21. The third kappa shape index (κ3) is 8.91. The van der Waals surface area contributed by atoms with Crippen LogP contribution >= 0.6 is 0 Å². The summed E-state index contributed by atoms with van der Waals surface area (Å²) in [6.07, 6.45) is 8.58. The number of carbonyl (C=O) groups excluding carboxylic acids is 1. The van der Waals surface area contributed by atoms with Crippen LogP contribution in [0.4, 0.5) is 4.79 Å². The second kappa shape index (κ2) is 19.0. The van der Waals surface area contributed by atoms with Crippen molar-refractivity contribution < 1.29 is 48.3 Å². The fraction of sp³-hybridized carbons (Fsp3) is 0.591. The van der Waals surface area contributed by atoms with Crippen molar-refractivity contribution in [3.05, 3.63) is 71.8 Å². The van der Waals surface area contributed by atoms with Crippen molar-refractivity contribution in [2.45, 2.75) is 83.1 Å². The Labute approximate surface area is 336 Å². The SMILES string of the molecule is C=CCO[C@@]12Oc3ccc(OCCN4CC4)cc3[C@H]3[C@H](CCCCO)[C@@H](CCCCO)C=C(C(=NOCC)C[C@@H]1N(Cc1ccc4c(c1)OCO4)C(=O)OCC)[C@H]32. The summed E-state index contributed by atoms with van der Waals surface area (Å²) >= 11 is 0. The molecule has 2 fully saturated rings. The molecule has 1 saturated carbocycles. The lowest BCUT2D eigenvalue weighted by atomic mass is 9.55. The molecule has 7 rings (SSSR count). The molecular formula is C44H59N3O10. The Hall–Kier alpha value is -4.30. The smallest absolute Gasteiger partial charge is 0.410 e. The molecule has 0 spiro atoms. The third-order valence-electron chi connectivity index (χ3n) is 11.8. The standard InChI is InChI=1S/C44H59N3O10/c1-4-22-55-44-40(47(43(50)51-5-2)28-30-13-15-38-39(24-30)54-29-53-38)27-36(45-56-6-3)34-25-31(11-7-9-20-48)33(12-8-10-21-49)41(42(34)44)35-26-32(14-16-37(35)57-44)52-23-19-46-17-18-46/h4,13-16,24-26,31,33,40-42,48-49H,1,5-12,17-23,27-29H2,2-3H3/t31-,33+,40-,41+,42+,44+/m0/s1. The Morgan fingerprint density at radius 3 is 2.56 bits per heavy atom. The van der Waals surface area contributed by atoms with Crippen LogP contribution in [0.25, 0.3) is 0 Å². The van der Waals surface area contributed by atoms with Gasteiger partial charge in [0.05, 0.1) is 24.8 Å². The number of oxime groups is 1. The number of unbranched alkanes of at least 4 members (excludes halogenated alkanes) is 2. The number of rotatable bonds is 21. The number of carbonyl (C=O) groups is 1. The number of nitrogens with zero attached hydrogens (tertiary/aromatic N) is 3. The summed E-state index contributed by atoms with van der Waals surface area (Å²) < 4.78 is 37.9. The van der Waals surface area contributed by atoms with Crippen LogP contribution in [0.3, 0.4) is 0 Å². The highest BCUT2D eigenvalue weighted by Gasteiger charge is 2.65. The predicted molar refractivity (Wildman–Crippen MR) is 214 cm³/mol. The van der Waals surface area contributed by atoms with Gasteiger partial charge in [-0.05, 0) is 92.8 Å². The molecule has 0 radical (unpaired) electrons. The van der Waals surface area contributed by atoms with E-state index in [0.29, 0.717) is 43.3 Å². The van der Waals surface area contributed by atoms with Crippen LogP contribution in [-0.2, 0) is 20.9 Å². The molecule has 2 aromatic rings. The van der Waals surface area contributed by atoms with E-state index < -0.39 is 23.8 Å². The first-order valence-corrected chi connectivity index (χ1v) is 20.8. The molecule has 5 aliphatic rings. The predicted octanol–water partition coefficient (Wildman–Crippen LogP) is 6.42. The zero-order valence-electron chi connectivity index (χ0n) is 33.4. The normalized spacial score (nSPS) is 26.1. The van der Waals surface area contributed by atoms with E-state index in [9.17, 15) is 15.0 Å². The second-order valence-corrected chi connectivity index (χ2v) is 15.4. The monoisotopic (exact) mass is 789 g/mol. The van der Waals surface area contributed by atoms with Crippen LogP contribution in [0.1, 0.15) is 75.8 Å². The van der Waals surface area contributed by atoms with Gasteiger partial charge in [0.2, 0.25) is 12.6 Å². The van der Waals surface area contributed by atoms with Crippen molar-refractivity contribution in [2.24, 2.45) is 22.9 Å². The molecule has 0 bridgehead atoms. The molecule has 0 aromatic heterocycles. The van der Waals surface area contributed by atoms with Gasteiger partial charge in [0.25, 0.3) is 0 Å². The molecule has 0 unspecified atom stereocenters. The molecule has 1 amide bonds. The Morgan fingerprint density at radius 2 is 1.81 bits per heavy atom. The van der Waals surface area contributed by atoms with E-state index in [-0.39, 0.29) is 63.9 Å². The zero-order chi connectivity index (χ0) is 39.8. The fourth-order valence-electron chi connectivity index (χ4n) is 9.21. The van der Waals surface area contributed by atoms with Crippen LogP contribution in [0.15, 0.2) is 65.9 Å². The van der Waals surface area contributed by atoms with Crippen molar-refractivity contribution in [3.8, 4) is 23.0 Å². The van der Waals surface area contributed by atoms with Crippen molar-refractivity contribution >= 4 is 11.8 Å².